The molecule has 0 aliphatic heterocycles. The maximum Gasteiger partial charge on any atom is 0.180 e. The minimum Gasteiger partial charge on any atom is -0.508 e. The van der Waals surface area contributed by atoms with E-state index in [2.05, 4.69) is 20.8 Å². The standard InChI is InChI=1S/C6H6O.C5H12.CHCl3/c7-6-4-2-1-3-5-6;1-4-5(2)3;2-1(3)4/h1-5,7H;5H,4H2,1-3H3;1H. The van der Waals surface area contributed by atoms with Crippen molar-refractivity contribution in [3.05, 3.63) is 30.3 Å². The van der Waals surface area contributed by atoms with Gasteiger partial charge in [0.1, 0.15) is 5.75 Å². The molecule has 4 heteroatoms. The fourth-order valence-electron chi connectivity index (χ4n) is 0.428. The summed E-state index contributed by atoms with van der Waals surface area (Å²) in [5, 5.41) is 8.63. The van der Waals surface area contributed by atoms with Crippen LogP contribution in [0.5, 0.6) is 5.75 Å². The van der Waals surface area contributed by atoms with Crippen molar-refractivity contribution in [2.45, 2.75) is 31.5 Å². The predicted molar refractivity (Wildman–Crippen MR) is 74.6 cm³/mol. The maximum atomic E-state index is 8.63. The predicted octanol–water partition coefficient (Wildman–Crippen LogP) is 5.43. The van der Waals surface area contributed by atoms with E-state index < -0.39 is 4.30 Å². The molecule has 0 fully saturated rings. The van der Waals surface area contributed by atoms with Gasteiger partial charge in [-0.25, -0.2) is 0 Å². The van der Waals surface area contributed by atoms with Crippen molar-refractivity contribution >= 4 is 34.8 Å². The quantitative estimate of drug-likeness (QED) is 0.682. The summed E-state index contributed by atoms with van der Waals surface area (Å²) < 4.78 is -0.750. The average molecular weight is 286 g/mol. The summed E-state index contributed by atoms with van der Waals surface area (Å²) in [6.07, 6.45) is 1.31. The van der Waals surface area contributed by atoms with Crippen LogP contribution in [-0.2, 0) is 0 Å². The molecule has 1 N–H and O–H groups in total. The third-order valence-corrected chi connectivity index (χ3v) is 1.57. The van der Waals surface area contributed by atoms with Crippen LogP contribution in [0.4, 0.5) is 0 Å². The molecule has 0 radical (unpaired) electrons. The second-order valence-electron chi connectivity index (χ2n) is 3.39. The Balaban J connectivity index is 0. The van der Waals surface area contributed by atoms with Crippen LogP contribution in [0.3, 0.4) is 0 Å². The summed E-state index contributed by atoms with van der Waals surface area (Å²) in [6, 6.07) is 8.71. The van der Waals surface area contributed by atoms with Gasteiger partial charge in [0.15, 0.2) is 4.30 Å². The smallest absolute Gasteiger partial charge is 0.180 e. The van der Waals surface area contributed by atoms with Gasteiger partial charge in [0.05, 0.1) is 0 Å². The number of hydrogen-bond acceptors (Lipinski definition) is 1. The zero-order chi connectivity index (χ0) is 13.0. The molecule has 0 amide bonds. The van der Waals surface area contributed by atoms with Gasteiger partial charge in [-0.2, -0.15) is 0 Å². The van der Waals surface area contributed by atoms with Crippen molar-refractivity contribution in [3.63, 3.8) is 0 Å². The SMILES string of the molecule is CCC(C)C.ClC(Cl)Cl.Oc1ccccc1. The molecule has 0 bridgehead atoms. The van der Waals surface area contributed by atoms with E-state index in [9.17, 15) is 0 Å². The lowest BCUT2D eigenvalue weighted by Gasteiger charge is -1.90. The fraction of sp³-hybridized carbons (Fsp3) is 0.500. The van der Waals surface area contributed by atoms with E-state index in [1.807, 2.05) is 6.07 Å². The molecule has 0 aromatic heterocycles. The van der Waals surface area contributed by atoms with Crippen LogP contribution in [0.2, 0.25) is 0 Å². The van der Waals surface area contributed by atoms with Crippen molar-refractivity contribution < 1.29 is 5.11 Å². The second kappa shape index (κ2) is 13.0. The van der Waals surface area contributed by atoms with Gasteiger partial charge in [-0.1, -0.05) is 80.2 Å². The molecule has 1 aromatic rings. The Morgan fingerprint density at radius 2 is 1.38 bits per heavy atom. The van der Waals surface area contributed by atoms with Crippen LogP contribution in [0.1, 0.15) is 27.2 Å². The number of halogens is 3. The van der Waals surface area contributed by atoms with Gasteiger partial charge in [0.25, 0.3) is 0 Å². The average Bonchev–Trinajstić information content (AvgIpc) is 2.19. The van der Waals surface area contributed by atoms with Crippen molar-refractivity contribution in [2.24, 2.45) is 5.92 Å². The highest BCUT2D eigenvalue weighted by Crippen LogP contribution is 2.03. The molecular weight excluding hydrogens is 266 g/mol. The van der Waals surface area contributed by atoms with Crippen LogP contribution >= 0.6 is 34.8 Å². The largest absolute Gasteiger partial charge is 0.508 e. The van der Waals surface area contributed by atoms with E-state index in [0.717, 1.165) is 5.92 Å². The topological polar surface area (TPSA) is 20.2 Å². The number of phenols is 1. The van der Waals surface area contributed by atoms with Gasteiger partial charge in [-0.05, 0) is 18.1 Å². The van der Waals surface area contributed by atoms with Crippen LogP contribution in [-0.4, -0.2) is 9.40 Å². The molecule has 0 heterocycles. The normalized spacial score (nSPS) is 9.00. The van der Waals surface area contributed by atoms with E-state index in [-0.39, 0.29) is 0 Å². The van der Waals surface area contributed by atoms with Crippen LogP contribution in [0, 0.1) is 5.92 Å². The van der Waals surface area contributed by atoms with Crippen molar-refractivity contribution in [2.75, 3.05) is 0 Å². The lowest BCUT2D eigenvalue weighted by atomic mass is 10.2. The molecule has 1 aromatic carbocycles. The summed E-state index contributed by atoms with van der Waals surface area (Å²) in [7, 11) is 0. The minimum atomic E-state index is -0.750. The molecule has 0 aliphatic carbocycles. The number of benzene rings is 1. The molecule has 0 saturated heterocycles. The van der Waals surface area contributed by atoms with Crippen LogP contribution in [0.25, 0.3) is 0 Å². The number of rotatable bonds is 1. The van der Waals surface area contributed by atoms with Crippen molar-refractivity contribution in [3.8, 4) is 5.75 Å². The molecule has 0 saturated carbocycles. The van der Waals surface area contributed by atoms with E-state index in [0.29, 0.717) is 5.75 Å². The number of aromatic hydroxyl groups is 1. The van der Waals surface area contributed by atoms with Crippen LogP contribution in [0.15, 0.2) is 30.3 Å². The summed E-state index contributed by atoms with van der Waals surface area (Å²) in [5.74, 6) is 1.21. The Bertz CT molecular complexity index is 222. The second-order valence-corrected chi connectivity index (χ2v) is 5.36. The fourth-order valence-corrected chi connectivity index (χ4v) is 0.428. The van der Waals surface area contributed by atoms with Crippen molar-refractivity contribution in [1.82, 2.24) is 0 Å². The Kier molecular flexibility index (Phi) is 14.8. The molecule has 16 heavy (non-hydrogen) atoms. The first-order valence-corrected chi connectivity index (χ1v) is 6.37. The first kappa shape index (κ1) is 18.3. The van der Waals surface area contributed by atoms with E-state index in [1.165, 1.54) is 6.42 Å². The first-order chi connectivity index (χ1) is 7.40. The highest BCUT2D eigenvalue weighted by Gasteiger charge is 1.80. The third-order valence-electron chi connectivity index (χ3n) is 1.57. The summed E-state index contributed by atoms with van der Waals surface area (Å²) in [5.41, 5.74) is 0. The van der Waals surface area contributed by atoms with Gasteiger partial charge in [0.2, 0.25) is 0 Å². The Morgan fingerprint density at radius 3 is 1.50 bits per heavy atom. The lowest BCUT2D eigenvalue weighted by molar-refractivity contribution is 0.475. The Morgan fingerprint density at radius 1 is 1.06 bits per heavy atom. The molecule has 0 spiro atoms. The molecule has 1 nitrogen and oxygen atoms in total. The Hall–Kier alpha value is -0.110. The van der Waals surface area contributed by atoms with Gasteiger partial charge < -0.3 is 5.11 Å². The minimum absolute atomic E-state index is 0.322. The number of para-hydroxylation sites is 1. The zero-order valence-corrected chi connectivity index (χ0v) is 12.1. The number of hydrogen-bond donors (Lipinski definition) is 1. The highest BCUT2D eigenvalue weighted by molar-refractivity contribution is 6.63. The zero-order valence-electron chi connectivity index (χ0n) is 9.83. The van der Waals surface area contributed by atoms with E-state index >= 15 is 0 Å². The number of phenolic OH excluding ortho intramolecular Hbond substituents is 1. The van der Waals surface area contributed by atoms with Crippen LogP contribution < -0.4 is 0 Å². The van der Waals surface area contributed by atoms with Gasteiger partial charge in [0, 0.05) is 0 Å². The van der Waals surface area contributed by atoms with Gasteiger partial charge >= 0.3 is 0 Å². The lowest BCUT2D eigenvalue weighted by Crippen LogP contribution is -1.77. The first-order valence-electron chi connectivity index (χ1n) is 5.06. The van der Waals surface area contributed by atoms with Gasteiger partial charge in [-0.3, -0.25) is 0 Å². The molecular formula is C12H19Cl3O. The number of alkyl halides is 3. The third kappa shape index (κ3) is 23.6. The molecule has 1 rings (SSSR count). The summed E-state index contributed by atoms with van der Waals surface area (Å²) in [4.78, 5) is 0. The monoisotopic (exact) mass is 284 g/mol. The van der Waals surface area contributed by atoms with Gasteiger partial charge in [-0.15, -0.1) is 0 Å². The molecule has 0 atom stereocenters. The maximum absolute atomic E-state index is 8.63. The summed E-state index contributed by atoms with van der Waals surface area (Å²) >= 11 is 14.4. The highest BCUT2D eigenvalue weighted by atomic mass is 35.6. The van der Waals surface area contributed by atoms with Crippen molar-refractivity contribution in [1.29, 1.82) is 0 Å². The molecule has 0 aliphatic rings. The molecule has 0 unspecified atom stereocenters. The Labute approximate surface area is 113 Å². The van der Waals surface area contributed by atoms with E-state index in [1.54, 1.807) is 24.3 Å². The van der Waals surface area contributed by atoms with E-state index in [4.69, 9.17) is 39.9 Å². The molecule has 94 valence electrons. The summed E-state index contributed by atoms with van der Waals surface area (Å²) in [6.45, 7) is 6.64.